The van der Waals surface area contributed by atoms with Crippen molar-refractivity contribution < 1.29 is 0 Å². The average molecular weight is 884 g/mol. The first kappa shape index (κ1) is 47.5. The van der Waals surface area contributed by atoms with Crippen LogP contribution in [-0.4, -0.2) is 19.9 Å². The summed E-state index contributed by atoms with van der Waals surface area (Å²) in [6.07, 6.45) is 32.6. The minimum atomic E-state index is 0.0622. The number of nitrogens with zero attached hydrogens (tertiary/aromatic N) is 2. The fourth-order valence-corrected chi connectivity index (χ4v) is 12.6. The molecule has 0 fully saturated rings. The molecule has 3 aromatic rings. The summed E-state index contributed by atoms with van der Waals surface area (Å²) >= 11 is 2.00. The van der Waals surface area contributed by atoms with Crippen LogP contribution in [0.15, 0.2) is 125 Å². The van der Waals surface area contributed by atoms with Crippen LogP contribution in [0, 0.1) is 28.1 Å². The molecule has 0 N–H and O–H groups in total. The van der Waals surface area contributed by atoms with Crippen molar-refractivity contribution in [2.45, 2.75) is 166 Å². The third kappa shape index (κ3) is 9.21. The second-order valence-electron chi connectivity index (χ2n) is 24.9. The Hall–Kier alpha value is -4.02. The Kier molecular flexibility index (Phi) is 12.6. The smallest absolute Gasteiger partial charge is 0.210 e. The molecule has 3 unspecified atom stereocenters. The molecule has 0 bridgehead atoms. The number of anilines is 2. The number of rotatable bonds is 5. The Bertz CT molecular complexity index is 2590. The maximum Gasteiger partial charge on any atom is 0.210 e. The van der Waals surface area contributed by atoms with Crippen LogP contribution >= 0.6 is 11.3 Å². The van der Waals surface area contributed by atoms with E-state index in [1.54, 1.807) is 0 Å². The Morgan fingerprint density at radius 2 is 1.55 bits per heavy atom. The van der Waals surface area contributed by atoms with E-state index in [0.717, 1.165) is 25.8 Å². The largest absolute Gasteiger partial charge is 0.337 e. The monoisotopic (exact) mass is 884 g/mol. The SMILES string of the molecule is C/C=C\C1=C/CN(C2=CC(C(C)(C)C)C(C(C)(C)C)C=C2)c2c(sc3cc4c(cc23)C(C)(C)CCC4(C)C)[B]c2cc(C(C)C)ccc2N1C1CC=C(C(C)(C)C)C=C1C1=CC=CCC1. The Balaban J connectivity index is 1.43. The molecule has 4 heteroatoms. The van der Waals surface area contributed by atoms with Crippen molar-refractivity contribution in [3.05, 3.63) is 142 Å². The minimum absolute atomic E-state index is 0.0622. The molecule has 1 aliphatic heterocycles. The molecular formula is C61H80BN2S. The van der Waals surface area contributed by atoms with Gasteiger partial charge in [-0.05, 0) is 158 Å². The molecule has 1 aromatic heterocycles. The lowest BCUT2D eigenvalue weighted by Gasteiger charge is -2.44. The number of allylic oxidation sites excluding steroid dienone is 10. The van der Waals surface area contributed by atoms with Gasteiger partial charge in [0.2, 0.25) is 7.28 Å². The molecule has 4 aliphatic carbocycles. The van der Waals surface area contributed by atoms with E-state index in [1.165, 1.54) is 89.3 Å². The molecule has 2 aromatic carbocycles. The summed E-state index contributed by atoms with van der Waals surface area (Å²) in [7, 11) is 2.59. The summed E-state index contributed by atoms with van der Waals surface area (Å²) in [4.78, 5) is 5.45. The fraction of sp³-hybridized carbons (Fsp3) is 0.508. The van der Waals surface area contributed by atoms with E-state index >= 15 is 0 Å². The van der Waals surface area contributed by atoms with Gasteiger partial charge in [0.1, 0.15) is 0 Å². The lowest BCUT2D eigenvalue weighted by molar-refractivity contribution is 0.140. The molecule has 0 saturated carbocycles. The van der Waals surface area contributed by atoms with Gasteiger partial charge < -0.3 is 9.80 Å². The van der Waals surface area contributed by atoms with E-state index in [1.807, 2.05) is 11.3 Å². The van der Waals surface area contributed by atoms with Crippen LogP contribution in [-0.2, 0) is 10.8 Å². The number of benzene rings is 2. The highest BCUT2D eigenvalue weighted by Crippen LogP contribution is 2.51. The normalized spacial score (nSPS) is 24.4. The molecule has 0 saturated heterocycles. The van der Waals surface area contributed by atoms with Crippen molar-refractivity contribution in [1.29, 1.82) is 0 Å². The van der Waals surface area contributed by atoms with Gasteiger partial charge in [-0.1, -0.05) is 170 Å². The van der Waals surface area contributed by atoms with Crippen LogP contribution in [0.4, 0.5) is 11.4 Å². The van der Waals surface area contributed by atoms with Gasteiger partial charge in [-0.15, -0.1) is 11.3 Å². The molecule has 0 amide bonds. The van der Waals surface area contributed by atoms with Gasteiger partial charge in [0, 0.05) is 33.7 Å². The van der Waals surface area contributed by atoms with Gasteiger partial charge in [-0.25, -0.2) is 0 Å². The van der Waals surface area contributed by atoms with Crippen LogP contribution < -0.4 is 20.0 Å². The molecule has 1 radical (unpaired) electrons. The summed E-state index contributed by atoms with van der Waals surface area (Å²) < 4.78 is 2.74. The summed E-state index contributed by atoms with van der Waals surface area (Å²) in [5, 5.41) is 1.39. The highest BCUT2D eigenvalue weighted by molar-refractivity contribution is 7.29. The number of thiophene rings is 1. The van der Waals surface area contributed by atoms with Crippen LogP contribution in [0.5, 0.6) is 0 Å². The van der Waals surface area contributed by atoms with Gasteiger partial charge in [0.15, 0.2) is 0 Å². The molecule has 5 aliphatic rings. The third-order valence-corrected chi connectivity index (χ3v) is 16.7. The van der Waals surface area contributed by atoms with E-state index in [4.69, 9.17) is 0 Å². The van der Waals surface area contributed by atoms with Crippen molar-refractivity contribution in [3.63, 3.8) is 0 Å². The highest BCUT2D eigenvalue weighted by atomic mass is 32.1. The predicted molar refractivity (Wildman–Crippen MR) is 289 cm³/mol. The highest BCUT2D eigenvalue weighted by Gasteiger charge is 2.41. The van der Waals surface area contributed by atoms with Gasteiger partial charge >= 0.3 is 0 Å². The lowest BCUT2D eigenvalue weighted by atomic mass is 9.62. The summed E-state index contributed by atoms with van der Waals surface area (Å²) in [5.41, 5.74) is 15.8. The van der Waals surface area contributed by atoms with E-state index < -0.39 is 0 Å². The molecule has 3 atom stereocenters. The molecule has 0 spiro atoms. The molecule has 2 heterocycles. The van der Waals surface area contributed by atoms with Gasteiger partial charge in [-0.2, -0.15) is 0 Å². The van der Waals surface area contributed by atoms with Crippen LogP contribution in [0.25, 0.3) is 10.1 Å². The Morgan fingerprint density at radius 1 is 0.862 bits per heavy atom. The second kappa shape index (κ2) is 17.3. The first-order chi connectivity index (χ1) is 30.4. The van der Waals surface area contributed by atoms with E-state index in [2.05, 4.69) is 225 Å². The number of hydrogen-bond donors (Lipinski definition) is 0. The Morgan fingerprint density at radius 3 is 2.17 bits per heavy atom. The lowest BCUT2D eigenvalue weighted by Crippen LogP contribution is -2.44. The number of fused-ring (bicyclic) bond motifs is 5. The standard InChI is InChI=1S/C61H80BN2S/c1-17-21-43-30-33-63(44-26-27-47(58(7,8)9)48(36-44)59(10,11)12)55-46-37-49-50(61(15,16)32-31-60(49,13)14)38-54(46)65-56(55)62-51-34-41(39(2)3)24-28-53(51)64(43)52-29-25-42(57(4,5)6)35-45(52)40-22-19-18-20-23-40/h17-19,21-22,24-28,30,34-39,47-48,52H,20,23,29,31-33H2,1-16H3/b21-17-,43-30+. The number of hydrogen-bond acceptors (Lipinski definition) is 3. The zero-order valence-electron chi connectivity index (χ0n) is 43.2. The zero-order valence-corrected chi connectivity index (χ0v) is 44.0. The fourth-order valence-electron chi connectivity index (χ4n) is 11.4. The molecule has 343 valence electrons. The van der Waals surface area contributed by atoms with Gasteiger partial charge in [-0.3, -0.25) is 0 Å². The van der Waals surface area contributed by atoms with Crippen molar-refractivity contribution in [2.75, 3.05) is 16.3 Å². The van der Waals surface area contributed by atoms with Gasteiger partial charge in [0.25, 0.3) is 0 Å². The molecule has 8 rings (SSSR count). The van der Waals surface area contributed by atoms with Crippen LogP contribution in [0.3, 0.4) is 0 Å². The van der Waals surface area contributed by atoms with Crippen LogP contribution in [0.2, 0.25) is 0 Å². The predicted octanol–water partition coefficient (Wildman–Crippen LogP) is 15.8. The van der Waals surface area contributed by atoms with E-state index in [9.17, 15) is 0 Å². The molecule has 65 heavy (non-hydrogen) atoms. The summed E-state index contributed by atoms with van der Waals surface area (Å²) in [6.45, 7) is 39.2. The average Bonchev–Trinajstić information content (AvgIpc) is 3.58. The summed E-state index contributed by atoms with van der Waals surface area (Å²) in [5.74, 6) is 1.22. The topological polar surface area (TPSA) is 6.48 Å². The van der Waals surface area contributed by atoms with E-state index in [0.29, 0.717) is 17.8 Å². The maximum atomic E-state index is 2.73. The quantitative estimate of drug-likeness (QED) is 0.236. The molecule has 2 nitrogen and oxygen atoms in total. The van der Waals surface area contributed by atoms with Crippen molar-refractivity contribution in [1.82, 2.24) is 0 Å². The van der Waals surface area contributed by atoms with Crippen molar-refractivity contribution >= 4 is 50.3 Å². The second-order valence-corrected chi connectivity index (χ2v) is 25.9. The first-order valence-electron chi connectivity index (χ1n) is 25.1. The Labute approximate surface area is 400 Å². The summed E-state index contributed by atoms with van der Waals surface area (Å²) in [6, 6.07) is 12.8. The van der Waals surface area contributed by atoms with Crippen molar-refractivity contribution in [3.8, 4) is 0 Å². The maximum absolute atomic E-state index is 2.73. The third-order valence-electron chi connectivity index (χ3n) is 15.6. The molecular weight excluding hydrogens is 804 g/mol. The minimum Gasteiger partial charge on any atom is -0.337 e. The van der Waals surface area contributed by atoms with Crippen molar-refractivity contribution in [2.24, 2.45) is 28.1 Å². The van der Waals surface area contributed by atoms with Crippen LogP contribution in [0.1, 0.15) is 165 Å². The van der Waals surface area contributed by atoms with Gasteiger partial charge in [0.05, 0.1) is 11.7 Å². The first-order valence-corrected chi connectivity index (χ1v) is 25.9. The zero-order chi connectivity index (χ0) is 47.0. The van der Waals surface area contributed by atoms with E-state index in [-0.39, 0.29) is 33.1 Å².